The Labute approximate surface area is 95.8 Å². The molecular formula is C11H20N4O. The van der Waals surface area contributed by atoms with Crippen LogP contribution in [0.25, 0.3) is 0 Å². The van der Waals surface area contributed by atoms with Crippen molar-refractivity contribution in [3.8, 4) is 0 Å². The molecule has 1 aromatic rings. The predicted molar refractivity (Wildman–Crippen MR) is 62.8 cm³/mol. The Morgan fingerprint density at radius 1 is 1.62 bits per heavy atom. The summed E-state index contributed by atoms with van der Waals surface area (Å²) in [5, 5.41) is 0. The first-order chi connectivity index (χ1) is 7.24. The first-order valence-electron chi connectivity index (χ1n) is 5.35. The van der Waals surface area contributed by atoms with Gasteiger partial charge in [0.1, 0.15) is 5.82 Å². The Hall–Kier alpha value is -1.36. The van der Waals surface area contributed by atoms with Crippen LogP contribution in [0.2, 0.25) is 0 Å². The van der Waals surface area contributed by atoms with Gasteiger partial charge in [-0.15, -0.1) is 0 Å². The minimum Gasteiger partial charge on any atom is -0.368 e. The molecule has 0 spiro atoms. The molecule has 90 valence electrons. The van der Waals surface area contributed by atoms with Crippen LogP contribution >= 0.6 is 0 Å². The summed E-state index contributed by atoms with van der Waals surface area (Å²) in [4.78, 5) is 15.5. The van der Waals surface area contributed by atoms with Gasteiger partial charge in [-0.25, -0.2) is 4.98 Å². The second-order valence-electron chi connectivity index (χ2n) is 4.67. The quantitative estimate of drug-likeness (QED) is 0.787. The minimum atomic E-state index is -0.982. The number of amides is 1. The normalized spacial score (nSPS) is 16.8. The molecule has 2 atom stereocenters. The lowest BCUT2D eigenvalue weighted by molar-refractivity contribution is -0.123. The summed E-state index contributed by atoms with van der Waals surface area (Å²) in [6.45, 7) is 7.53. The average Bonchev–Trinajstić information content (AvgIpc) is 2.44. The van der Waals surface area contributed by atoms with Crippen LogP contribution in [0.5, 0.6) is 0 Å². The van der Waals surface area contributed by atoms with Gasteiger partial charge in [-0.05, 0) is 34.1 Å². The van der Waals surface area contributed by atoms with E-state index in [1.54, 1.807) is 6.92 Å². The average molecular weight is 224 g/mol. The van der Waals surface area contributed by atoms with Crippen LogP contribution < -0.4 is 11.5 Å². The highest BCUT2D eigenvalue weighted by atomic mass is 16.1. The van der Waals surface area contributed by atoms with Crippen LogP contribution in [0.4, 0.5) is 0 Å². The zero-order valence-electron chi connectivity index (χ0n) is 10.3. The number of carbonyl (C=O) groups excluding carboxylic acids is 1. The van der Waals surface area contributed by atoms with Crippen molar-refractivity contribution < 1.29 is 4.79 Å². The summed E-state index contributed by atoms with van der Waals surface area (Å²) in [6.07, 6.45) is 2.45. The molecule has 1 aromatic heterocycles. The maximum Gasteiger partial charge on any atom is 0.237 e. The lowest BCUT2D eigenvalue weighted by Crippen LogP contribution is -2.50. The van der Waals surface area contributed by atoms with E-state index in [9.17, 15) is 4.79 Å². The largest absolute Gasteiger partial charge is 0.368 e. The fraction of sp³-hybridized carbons (Fsp3) is 0.636. The third-order valence-corrected chi connectivity index (χ3v) is 2.79. The molecule has 1 rings (SSSR count). The zero-order chi connectivity index (χ0) is 12.5. The predicted octanol–water partition coefficient (Wildman–Crippen LogP) is 0.654. The molecule has 0 aliphatic rings. The molecule has 5 nitrogen and oxygen atoms in total. The van der Waals surface area contributed by atoms with Gasteiger partial charge < -0.3 is 16.0 Å². The first kappa shape index (κ1) is 12.7. The first-order valence-corrected chi connectivity index (χ1v) is 5.35. The minimum absolute atomic E-state index is 0.101. The van der Waals surface area contributed by atoms with E-state index in [2.05, 4.69) is 4.98 Å². The Morgan fingerprint density at radius 2 is 2.19 bits per heavy atom. The number of carbonyl (C=O) groups is 1. The molecular weight excluding hydrogens is 204 g/mol. The Bertz CT molecular complexity index is 395. The van der Waals surface area contributed by atoms with Crippen LogP contribution in [-0.2, 0) is 4.79 Å². The fourth-order valence-electron chi connectivity index (χ4n) is 1.90. The Balaban J connectivity index is 2.84. The maximum atomic E-state index is 11.2. The van der Waals surface area contributed by atoms with E-state index >= 15 is 0 Å². The Morgan fingerprint density at radius 3 is 2.56 bits per heavy atom. The number of imidazole rings is 1. The molecule has 0 aliphatic heterocycles. The summed E-state index contributed by atoms with van der Waals surface area (Å²) in [5.41, 5.74) is 11.1. The summed E-state index contributed by atoms with van der Waals surface area (Å²) >= 11 is 0. The number of hydrogen-bond donors (Lipinski definition) is 2. The van der Waals surface area contributed by atoms with Crippen LogP contribution in [0.3, 0.4) is 0 Å². The number of nitrogens with two attached hydrogens (primary N) is 2. The molecule has 0 saturated heterocycles. The second kappa shape index (κ2) is 4.25. The van der Waals surface area contributed by atoms with Crippen molar-refractivity contribution >= 4 is 5.91 Å². The monoisotopic (exact) mass is 224 g/mol. The molecule has 16 heavy (non-hydrogen) atoms. The zero-order valence-corrected chi connectivity index (χ0v) is 10.3. The molecule has 0 aromatic carbocycles. The standard InChI is InChI=1S/C11H20N4O/c1-7-6-15(9(3)14-7)8(2)5-11(4,13)10(12)16/h6,8H,5,13H2,1-4H3,(H2,12,16). The third-order valence-electron chi connectivity index (χ3n) is 2.79. The van der Waals surface area contributed by atoms with Gasteiger partial charge in [0.15, 0.2) is 0 Å². The SMILES string of the molecule is Cc1cn(C(C)CC(C)(N)C(N)=O)c(C)n1. The fourth-order valence-corrected chi connectivity index (χ4v) is 1.90. The summed E-state index contributed by atoms with van der Waals surface area (Å²) in [6, 6.07) is 0.101. The van der Waals surface area contributed by atoms with Crippen LogP contribution in [0.1, 0.15) is 37.8 Å². The van der Waals surface area contributed by atoms with Crippen molar-refractivity contribution in [2.45, 2.75) is 45.7 Å². The van der Waals surface area contributed by atoms with Gasteiger partial charge in [-0.1, -0.05) is 0 Å². The smallest absolute Gasteiger partial charge is 0.237 e. The second-order valence-corrected chi connectivity index (χ2v) is 4.67. The summed E-state index contributed by atoms with van der Waals surface area (Å²) in [5.74, 6) is 0.444. The molecule has 0 aliphatic carbocycles. The molecule has 0 bridgehead atoms. The van der Waals surface area contributed by atoms with Crippen LogP contribution in [0.15, 0.2) is 6.20 Å². The van der Waals surface area contributed by atoms with Crippen molar-refractivity contribution in [2.75, 3.05) is 0 Å². The van der Waals surface area contributed by atoms with Gasteiger partial charge in [0.2, 0.25) is 5.91 Å². The molecule has 0 fully saturated rings. The highest BCUT2D eigenvalue weighted by Crippen LogP contribution is 2.20. The molecule has 1 heterocycles. The number of aromatic nitrogens is 2. The highest BCUT2D eigenvalue weighted by Gasteiger charge is 2.28. The van der Waals surface area contributed by atoms with Gasteiger partial charge in [0.25, 0.3) is 0 Å². The van der Waals surface area contributed by atoms with Gasteiger partial charge >= 0.3 is 0 Å². The van der Waals surface area contributed by atoms with E-state index in [0.717, 1.165) is 11.5 Å². The van der Waals surface area contributed by atoms with E-state index in [1.165, 1.54) is 0 Å². The van der Waals surface area contributed by atoms with Gasteiger partial charge in [-0.3, -0.25) is 4.79 Å². The van der Waals surface area contributed by atoms with E-state index in [0.29, 0.717) is 6.42 Å². The van der Waals surface area contributed by atoms with Crippen molar-refractivity contribution in [1.29, 1.82) is 0 Å². The maximum absolute atomic E-state index is 11.2. The number of aryl methyl sites for hydroxylation is 2. The number of hydrogen-bond acceptors (Lipinski definition) is 3. The Kier molecular flexibility index (Phi) is 3.38. The van der Waals surface area contributed by atoms with E-state index in [1.807, 2.05) is 31.5 Å². The van der Waals surface area contributed by atoms with Crippen LogP contribution in [-0.4, -0.2) is 21.0 Å². The van der Waals surface area contributed by atoms with Crippen molar-refractivity contribution in [3.05, 3.63) is 17.7 Å². The third kappa shape index (κ3) is 2.61. The van der Waals surface area contributed by atoms with Crippen LogP contribution in [0, 0.1) is 13.8 Å². The topological polar surface area (TPSA) is 86.9 Å². The number of nitrogens with zero attached hydrogens (tertiary/aromatic N) is 2. The van der Waals surface area contributed by atoms with Crippen molar-refractivity contribution in [3.63, 3.8) is 0 Å². The number of primary amides is 1. The number of rotatable bonds is 4. The molecule has 0 saturated carbocycles. The van der Waals surface area contributed by atoms with E-state index < -0.39 is 11.4 Å². The molecule has 2 unspecified atom stereocenters. The molecule has 4 N–H and O–H groups in total. The lowest BCUT2D eigenvalue weighted by Gasteiger charge is -2.25. The summed E-state index contributed by atoms with van der Waals surface area (Å²) in [7, 11) is 0. The lowest BCUT2D eigenvalue weighted by atomic mass is 9.94. The highest BCUT2D eigenvalue weighted by molar-refractivity contribution is 5.83. The van der Waals surface area contributed by atoms with E-state index in [4.69, 9.17) is 11.5 Å². The molecule has 0 radical (unpaired) electrons. The van der Waals surface area contributed by atoms with Crippen molar-refractivity contribution in [2.24, 2.45) is 11.5 Å². The van der Waals surface area contributed by atoms with Crippen molar-refractivity contribution in [1.82, 2.24) is 9.55 Å². The molecule has 5 heteroatoms. The summed E-state index contributed by atoms with van der Waals surface area (Å²) < 4.78 is 2.02. The van der Waals surface area contributed by atoms with Gasteiger partial charge in [0.05, 0.1) is 11.2 Å². The molecule has 1 amide bonds. The van der Waals surface area contributed by atoms with Gasteiger partial charge in [0, 0.05) is 12.2 Å². The van der Waals surface area contributed by atoms with E-state index in [-0.39, 0.29) is 6.04 Å². The van der Waals surface area contributed by atoms with Gasteiger partial charge in [-0.2, -0.15) is 0 Å².